The molecule has 0 saturated carbocycles. The molecule has 4 rings (SSSR count). The Bertz CT molecular complexity index is 971. The fourth-order valence-electron chi connectivity index (χ4n) is 3.75. The largest absolute Gasteiger partial charge is 0.350 e. The highest BCUT2D eigenvalue weighted by molar-refractivity contribution is 6.42. The van der Waals surface area contributed by atoms with E-state index in [4.69, 9.17) is 23.2 Å². The summed E-state index contributed by atoms with van der Waals surface area (Å²) in [5.41, 5.74) is 2.90. The molecule has 0 saturated heterocycles. The Morgan fingerprint density at radius 1 is 0.926 bits per heavy atom. The molecule has 1 aromatic heterocycles. The van der Waals surface area contributed by atoms with Crippen molar-refractivity contribution in [3.63, 3.8) is 0 Å². The van der Waals surface area contributed by atoms with Gasteiger partial charge in [0, 0.05) is 31.5 Å². The molecule has 1 unspecified atom stereocenters. The van der Waals surface area contributed by atoms with Gasteiger partial charge in [-0.05, 0) is 53.9 Å². The summed E-state index contributed by atoms with van der Waals surface area (Å²) >= 11 is 12.4. The van der Waals surface area contributed by atoms with Crippen LogP contribution in [0.2, 0.25) is 10.0 Å². The summed E-state index contributed by atoms with van der Waals surface area (Å²) < 4.78 is 29.2. The molecule has 6 heteroatoms. The highest BCUT2D eigenvalue weighted by atomic mass is 35.5. The van der Waals surface area contributed by atoms with Crippen molar-refractivity contribution in [1.82, 2.24) is 9.47 Å². The normalized spacial score (nSPS) is 17.6. The number of rotatable bonds is 3. The van der Waals surface area contributed by atoms with Crippen LogP contribution in [0.4, 0.5) is 8.78 Å². The molecule has 0 amide bonds. The molecule has 27 heavy (non-hydrogen) atoms. The van der Waals surface area contributed by atoms with E-state index < -0.39 is 11.6 Å². The molecule has 0 spiro atoms. The minimum atomic E-state index is -0.829. The highest BCUT2D eigenvalue weighted by Crippen LogP contribution is 2.35. The van der Waals surface area contributed by atoms with Gasteiger partial charge in [0.05, 0.1) is 16.1 Å². The Kier molecular flexibility index (Phi) is 5.22. The Morgan fingerprint density at radius 2 is 1.78 bits per heavy atom. The summed E-state index contributed by atoms with van der Waals surface area (Å²) in [6.45, 7) is 2.24. The lowest BCUT2D eigenvalue weighted by atomic mass is 10.0. The number of nitrogens with zero attached hydrogens (tertiary/aromatic N) is 2. The average Bonchev–Trinajstić information content (AvgIpc) is 3.02. The molecule has 0 N–H and O–H groups in total. The predicted octanol–water partition coefficient (Wildman–Crippen LogP) is 6.07. The SMILES string of the molecule is Fc1ccc(CN2CCCn3cccc3C2c2ccc(Cl)c(Cl)c2)cc1F. The smallest absolute Gasteiger partial charge is 0.159 e. The summed E-state index contributed by atoms with van der Waals surface area (Å²) in [6.07, 6.45) is 3.03. The van der Waals surface area contributed by atoms with Crippen LogP contribution in [0.5, 0.6) is 0 Å². The van der Waals surface area contributed by atoms with Gasteiger partial charge >= 0.3 is 0 Å². The summed E-state index contributed by atoms with van der Waals surface area (Å²) in [4.78, 5) is 2.27. The van der Waals surface area contributed by atoms with Crippen molar-refractivity contribution < 1.29 is 8.78 Å². The van der Waals surface area contributed by atoms with Crippen molar-refractivity contribution in [3.8, 4) is 0 Å². The van der Waals surface area contributed by atoms with Gasteiger partial charge < -0.3 is 4.57 Å². The lowest BCUT2D eigenvalue weighted by molar-refractivity contribution is 0.220. The van der Waals surface area contributed by atoms with Crippen molar-refractivity contribution in [2.45, 2.75) is 25.6 Å². The average molecular weight is 407 g/mol. The molecular weight excluding hydrogens is 389 g/mol. The second-order valence-corrected chi connectivity index (χ2v) is 7.59. The molecule has 1 aliphatic rings. The third-order valence-corrected chi connectivity index (χ3v) is 5.72. The number of benzene rings is 2. The lowest BCUT2D eigenvalue weighted by Gasteiger charge is -2.31. The second-order valence-electron chi connectivity index (χ2n) is 6.78. The van der Waals surface area contributed by atoms with Gasteiger partial charge in [-0.2, -0.15) is 0 Å². The van der Waals surface area contributed by atoms with E-state index in [1.807, 2.05) is 18.2 Å². The summed E-state index contributed by atoms with van der Waals surface area (Å²) in [5.74, 6) is -1.65. The van der Waals surface area contributed by atoms with E-state index in [2.05, 4.69) is 21.7 Å². The molecule has 0 bridgehead atoms. The number of aryl methyl sites for hydroxylation is 1. The van der Waals surface area contributed by atoms with Gasteiger partial charge in [-0.3, -0.25) is 4.90 Å². The first-order chi connectivity index (χ1) is 13.0. The molecule has 140 valence electrons. The fourth-order valence-corrected chi connectivity index (χ4v) is 4.05. The third-order valence-electron chi connectivity index (χ3n) is 4.98. The minimum absolute atomic E-state index is 0.0506. The summed E-state index contributed by atoms with van der Waals surface area (Å²) in [6, 6.07) is 13.8. The van der Waals surface area contributed by atoms with E-state index in [0.717, 1.165) is 36.3 Å². The predicted molar refractivity (Wildman–Crippen MR) is 104 cm³/mol. The number of hydrogen-bond donors (Lipinski definition) is 0. The van der Waals surface area contributed by atoms with Crippen LogP contribution in [-0.2, 0) is 13.1 Å². The van der Waals surface area contributed by atoms with Gasteiger partial charge in [-0.15, -0.1) is 0 Å². The summed E-state index contributed by atoms with van der Waals surface area (Å²) in [7, 11) is 0. The van der Waals surface area contributed by atoms with Crippen molar-refractivity contribution in [2.24, 2.45) is 0 Å². The Hall–Kier alpha value is -1.88. The first-order valence-electron chi connectivity index (χ1n) is 8.81. The Morgan fingerprint density at radius 3 is 2.56 bits per heavy atom. The van der Waals surface area contributed by atoms with Gasteiger partial charge in [-0.25, -0.2) is 8.78 Å². The maximum atomic E-state index is 13.7. The molecule has 2 aromatic carbocycles. The van der Waals surface area contributed by atoms with Crippen molar-refractivity contribution >= 4 is 23.2 Å². The topological polar surface area (TPSA) is 8.17 Å². The van der Waals surface area contributed by atoms with Crippen LogP contribution in [0, 0.1) is 11.6 Å². The number of aromatic nitrogens is 1. The molecule has 0 fully saturated rings. The molecule has 1 atom stereocenters. The van der Waals surface area contributed by atoms with Crippen LogP contribution in [0.3, 0.4) is 0 Å². The van der Waals surface area contributed by atoms with E-state index in [-0.39, 0.29) is 6.04 Å². The molecule has 0 aliphatic carbocycles. The van der Waals surface area contributed by atoms with Crippen LogP contribution in [0.1, 0.15) is 29.3 Å². The number of fused-ring (bicyclic) bond motifs is 1. The van der Waals surface area contributed by atoms with Gasteiger partial charge in [0.2, 0.25) is 0 Å². The second kappa shape index (κ2) is 7.63. The third kappa shape index (κ3) is 3.75. The molecule has 2 heterocycles. The zero-order valence-electron chi connectivity index (χ0n) is 14.5. The molecule has 1 aliphatic heterocycles. The van der Waals surface area contributed by atoms with Crippen LogP contribution in [0.25, 0.3) is 0 Å². The fraction of sp³-hybridized carbons (Fsp3) is 0.238. The van der Waals surface area contributed by atoms with Crippen molar-refractivity contribution in [2.75, 3.05) is 6.54 Å². The minimum Gasteiger partial charge on any atom is -0.350 e. The van der Waals surface area contributed by atoms with E-state index in [1.54, 1.807) is 12.1 Å². The van der Waals surface area contributed by atoms with E-state index in [0.29, 0.717) is 16.6 Å². The van der Waals surface area contributed by atoms with E-state index >= 15 is 0 Å². The van der Waals surface area contributed by atoms with Gasteiger partial charge in [0.15, 0.2) is 11.6 Å². The molecule has 3 aromatic rings. The highest BCUT2D eigenvalue weighted by Gasteiger charge is 2.28. The van der Waals surface area contributed by atoms with Crippen molar-refractivity contribution in [3.05, 3.63) is 93.2 Å². The first kappa shape index (κ1) is 18.5. The number of hydrogen-bond acceptors (Lipinski definition) is 1. The zero-order valence-corrected chi connectivity index (χ0v) is 16.0. The van der Waals surface area contributed by atoms with Gasteiger partial charge in [0.25, 0.3) is 0 Å². The standard InChI is InChI=1S/C21H18Cl2F2N2/c22-16-6-5-15(12-17(16)23)21-20-3-1-8-26(20)9-2-10-27(21)13-14-4-7-18(24)19(25)11-14/h1,3-8,11-12,21H,2,9-10,13H2. The quantitative estimate of drug-likeness (QED) is 0.512. The maximum absolute atomic E-state index is 13.7. The Balaban J connectivity index is 1.75. The first-order valence-corrected chi connectivity index (χ1v) is 9.56. The van der Waals surface area contributed by atoms with Crippen molar-refractivity contribution in [1.29, 1.82) is 0 Å². The zero-order chi connectivity index (χ0) is 19.0. The summed E-state index contributed by atoms with van der Waals surface area (Å²) in [5, 5.41) is 1.01. The molecular formula is C21H18Cl2F2N2. The Labute approximate surface area is 166 Å². The monoisotopic (exact) mass is 406 g/mol. The lowest BCUT2D eigenvalue weighted by Crippen LogP contribution is -2.29. The van der Waals surface area contributed by atoms with Crippen LogP contribution < -0.4 is 0 Å². The van der Waals surface area contributed by atoms with Crippen LogP contribution in [0.15, 0.2) is 54.7 Å². The van der Waals surface area contributed by atoms with E-state index in [1.165, 1.54) is 12.1 Å². The van der Waals surface area contributed by atoms with E-state index in [9.17, 15) is 8.78 Å². The molecule has 2 nitrogen and oxygen atoms in total. The number of halogens is 4. The maximum Gasteiger partial charge on any atom is 0.159 e. The van der Waals surface area contributed by atoms with Crippen LogP contribution >= 0.6 is 23.2 Å². The molecule has 0 radical (unpaired) electrons. The van der Waals surface area contributed by atoms with Gasteiger partial charge in [0.1, 0.15) is 0 Å². The van der Waals surface area contributed by atoms with Gasteiger partial charge in [-0.1, -0.05) is 35.3 Å². The van der Waals surface area contributed by atoms with Crippen LogP contribution in [-0.4, -0.2) is 16.0 Å².